The van der Waals surface area contributed by atoms with Gasteiger partial charge in [-0.25, -0.2) is 4.79 Å². The van der Waals surface area contributed by atoms with Gasteiger partial charge in [0.1, 0.15) is 0 Å². The van der Waals surface area contributed by atoms with Crippen LogP contribution in [0.1, 0.15) is 0 Å². The molecule has 0 aromatic rings. The first-order valence-electron chi connectivity index (χ1n) is 1.51. The highest BCUT2D eigenvalue weighted by atomic mass is 32.2. The summed E-state index contributed by atoms with van der Waals surface area (Å²) < 4.78 is 0. The van der Waals surface area contributed by atoms with Crippen LogP contribution in [0.25, 0.3) is 0 Å². The monoisotopic (exact) mass is 116 g/mol. The van der Waals surface area contributed by atoms with Crippen LogP contribution in [0.2, 0.25) is 0 Å². The van der Waals surface area contributed by atoms with Crippen molar-refractivity contribution in [1.29, 1.82) is 5.41 Å². The zero-order chi connectivity index (χ0) is 5.70. The molecule has 0 heterocycles. The molecule has 0 aromatic carbocycles. The quantitative estimate of drug-likeness (QED) is 0.286. The van der Waals surface area contributed by atoms with Crippen molar-refractivity contribution < 1.29 is 4.79 Å². The summed E-state index contributed by atoms with van der Waals surface area (Å²) >= 11 is 1.10. The van der Waals surface area contributed by atoms with Crippen LogP contribution in [0.4, 0.5) is 0 Å². The largest absolute Gasteiger partial charge is 0.276 e. The van der Waals surface area contributed by atoms with Gasteiger partial charge in [-0.15, -0.1) is 4.99 Å². The molecule has 1 N–H and O–H groups in total. The SMILES string of the molecule is CSC(=N)N=C=O. The Labute approximate surface area is 45.3 Å². The number of thioether (sulfide) groups is 1. The lowest BCUT2D eigenvalue weighted by Crippen LogP contribution is -1.77. The summed E-state index contributed by atoms with van der Waals surface area (Å²) in [6.07, 6.45) is 2.92. The number of nitrogens with one attached hydrogen (secondary N) is 1. The molecule has 0 radical (unpaired) electrons. The van der Waals surface area contributed by atoms with Crippen LogP contribution in [-0.2, 0) is 4.79 Å². The summed E-state index contributed by atoms with van der Waals surface area (Å²) in [5.41, 5.74) is 0. The molecule has 0 amide bonds. The van der Waals surface area contributed by atoms with E-state index in [0.717, 1.165) is 11.8 Å². The van der Waals surface area contributed by atoms with E-state index in [4.69, 9.17) is 5.41 Å². The molecule has 0 saturated carbocycles. The number of isocyanates is 1. The van der Waals surface area contributed by atoms with Crippen LogP contribution in [0.5, 0.6) is 0 Å². The smallest absolute Gasteiger partial charge is 0.242 e. The summed E-state index contributed by atoms with van der Waals surface area (Å²) in [6, 6.07) is 0. The predicted molar refractivity (Wildman–Crippen MR) is 29.4 cm³/mol. The maximum Gasteiger partial charge on any atom is 0.242 e. The zero-order valence-corrected chi connectivity index (χ0v) is 4.58. The van der Waals surface area contributed by atoms with Crippen molar-refractivity contribution in [2.75, 3.05) is 6.26 Å². The number of hydrogen-bond acceptors (Lipinski definition) is 3. The summed E-state index contributed by atoms with van der Waals surface area (Å²) in [6.45, 7) is 0. The second-order valence-electron chi connectivity index (χ2n) is 0.712. The highest BCUT2D eigenvalue weighted by molar-refractivity contribution is 8.13. The number of hydrogen-bond donors (Lipinski definition) is 1. The highest BCUT2D eigenvalue weighted by Gasteiger charge is 1.81. The lowest BCUT2D eigenvalue weighted by molar-refractivity contribution is 0.566. The van der Waals surface area contributed by atoms with Crippen molar-refractivity contribution in [1.82, 2.24) is 0 Å². The number of aliphatic imine (C=N–C) groups is 1. The summed E-state index contributed by atoms with van der Waals surface area (Å²) in [5, 5.41) is 6.67. The van der Waals surface area contributed by atoms with Crippen molar-refractivity contribution in [2.45, 2.75) is 0 Å². The standard InChI is InChI=1S/C3H4N2OS/c1-7-3(4)5-2-6/h4H,1H3. The Morgan fingerprint density at radius 2 is 2.57 bits per heavy atom. The van der Waals surface area contributed by atoms with E-state index in [2.05, 4.69) is 4.99 Å². The Morgan fingerprint density at radius 3 is 2.71 bits per heavy atom. The van der Waals surface area contributed by atoms with Crippen molar-refractivity contribution in [3.05, 3.63) is 0 Å². The number of amidine groups is 1. The van der Waals surface area contributed by atoms with Crippen molar-refractivity contribution >= 4 is 23.0 Å². The second kappa shape index (κ2) is 3.59. The Balaban J connectivity index is 3.58. The lowest BCUT2D eigenvalue weighted by Gasteiger charge is -1.78. The van der Waals surface area contributed by atoms with Gasteiger partial charge in [0.25, 0.3) is 0 Å². The number of rotatable bonds is 0. The van der Waals surface area contributed by atoms with Gasteiger partial charge >= 0.3 is 0 Å². The van der Waals surface area contributed by atoms with Crippen LogP contribution >= 0.6 is 11.8 Å². The molecule has 0 aliphatic rings. The van der Waals surface area contributed by atoms with E-state index in [0.29, 0.717) is 0 Å². The fourth-order valence-corrected chi connectivity index (χ4v) is 0.216. The first-order valence-corrected chi connectivity index (χ1v) is 2.74. The molecule has 0 aliphatic heterocycles. The molecule has 0 aromatic heterocycles. The topological polar surface area (TPSA) is 53.3 Å². The van der Waals surface area contributed by atoms with E-state index in [1.54, 1.807) is 6.26 Å². The Bertz CT molecular complexity index is 116. The van der Waals surface area contributed by atoms with E-state index in [9.17, 15) is 4.79 Å². The molecule has 0 unspecified atom stereocenters. The Morgan fingerprint density at radius 1 is 2.00 bits per heavy atom. The highest BCUT2D eigenvalue weighted by Crippen LogP contribution is 1.92. The lowest BCUT2D eigenvalue weighted by atomic mass is 11.3. The average Bonchev–Trinajstić information content (AvgIpc) is 1.68. The van der Waals surface area contributed by atoms with E-state index in [-0.39, 0.29) is 5.17 Å². The van der Waals surface area contributed by atoms with Crippen molar-refractivity contribution in [3.63, 3.8) is 0 Å². The van der Waals surface area contributed by atoms with E-state index in [1.807, 2.05) is 0 Å². The van der Waals surface area contributed by atoms with Gasteiger partial charge < -0.3 is 0 Å². The third-order valence-electron chi connectivity index (χ3n) is 0.341. The number of carbonyl (C=O) groups excluding carboxylic acids is 1. The minimum Gasteiger partial charge on any atom is -0.276 e. The van der Waals surface area contributed by atoms with Gasteiger partial charge in [0.2, 0.25) is 6.08 Å². The summed E-state index contributed by atoms with van der Waals surface area (Å²) in [4.78, 5) is 12.3. The first kappa shape index (κ1) is 6.40. The Hall–Kier alpha value is -0.600. The fraction of sp³-hybridized carbons (Fsp3) is 0.333. The molecule has 0 bridgehead atoms. The number of nitrogens with zero attached hydrogens (tertiary/aromatic N) is 1. The van der Waals surface area contributed by atoms with Gasteiger partial charge in [-0.05, 0) is 6.26 Å². The van der Waals surface area contributed by atoms with Crippen molar-refractivity contribution in [2.24, 2.45) is 4.99 Å². The minimum absolute atomic E-state index is 0.00463. The van der Waals surface area contributed by atoms with E-state index >= 15 is 0 Å². The molecule has 38 valence electrons. The maximum absolute atomic E-state index is 9.33. The van der Waals surface area contributed by atoms with Gasteiger partial charge in [0.15, 0.2) is 5.17 Å². The third-order valence-corrected chi connectivity index (χ3v) is 0.819. The van der Waals surface area contributed by atoms with Gasteiger partial charge in [-0.2, -0.15) is 0 Å². The van der Waals surface area contributed by atoms with Gasteiger partial charge in [0.05, 0.1) is 0 Å². The van der Waals surface area contributed by atoms with E-state index in [1.165, 1.54) is 6.08 Å². The maximum atomic E-state index is 9.33. The predicted octanol–water partition coefficient (Wildman–Crippen LogP) is 0.620. The third kappa shape index (κ3) is 3.22. The molecule has 0 spiro atoms. The van der Waals surface area contributed by atoms with Gasteiger partial charge in [-0.3, -0.25) is 5.41 Å². The van der Waals surface area contributed by atoms with Gasteiger partial charge in [-0.1, -0.05) is 11.8 Å². The Kier molecular flexibility index (Phi) is 3.28. The average molecular weight is 116 g/mol. The normalized spacial score (nSPS) is 7.00. The van der Waals surface area contributed by atoms with Crippen LogP contribution in [0, 0.1) is 5.41 Å². The fourth-order valence-electron chi connectivity index (χ4n) is 0.0871. The molecule has 7 heavy (non-hydrogen) atoms. The molecule has 0 saturated heterocycles. The van der Waals surface area contributed by atoms with Crippen molar-refractivity contribution in [3.8, 4) is 0 Å². The van der Waals surface area contributed by atoms with Crippen LogP contribution in [-0.4, -0.2) is 17.5 Å². The molecule has 0 fully saturated rings. The molecule has 0 aliphatic carbocycles. The van der Waals surface area contributed by atoms with Crippen LogP contribution in [0.15, 0.2) is 4.99 Å². The molecular formula is C3H4N2OS. The summed E-state index contributed by atoms with van der Waals surface area (Å²) in [7, 11) is 0. The molecule has 0 rings (SSSR count). The van der Waals surface area contributed by atoms with Crippen LogP contribution < -0.4 is 0 Å². The first-order chi connectivity index (χ1) is 3.31. The molecule has 3 nitrogen and oxygen atoms in total. The molecule has 0 atom stereocenters. The summed E-state index contributed by atoms with van der Waals surface area (Å²) in [5.74, 6) is 0. The second-order valence-corrected chi connectivity index (χ2v) is 1.51. The van der Waals surface area contributed by atoms with E-state index < -0.39 is 0 Å². The van der Waals surface area contributed by atoms with Gasteiger partial charge in [0, 0.05) is 0 Å². The van der Waals surface area contributed by atoms with Crippen LogP contribution in [0.3, 0.4) is 0 Å². The minimum atomic E-state index is -0.00463. The molecule has 4 heteroatoms. The zero-order valence-electron chi connectivity index (χ0n) is 3.76. The molecular weight excluding hydrogens is 112 g/mol.